The molecule has 0 saturated carbocycles. The summed E-state index contributed by atoms with van der Waals surface area (Å²) in [7, 11) is 1.83. The first-order valence-corrected chi connectivity index (χ1v) is 22.0. The zero-order valence-electron chi connectivity index (χ0n) is 35.2. The summed E-state index contributed by atoms with van der Waals surface area (Å²) in [5.74, 6) is -0.431. The molecule has 1 aromatic rings. The zero-order valence-corrected chi connectivity index (χ0v) is 37.3. The Labute approximate surface area is 361 Å². The average molecular weight is 951 g/mol. The Morgan fingerprint density at radius 3 is 2.41 bits per heavy atom. The zero-order chi connectivity index (χ0) is 43.9. The Kier molecular flexibility index (Phi) is 21.7. The molecule has 12 nitrogen and oxygen atoms in total. The van der Waals surface area contributed by atoms with Gasteiger partial charge in [-0.1, -0.05) is 72.9 Å². The van der Waals surface area contributed by atoms with Gasteiger partial charge in [0.2, 0.25) is 0 Å². The second kappa shape index (κ2) is 25.0. The molecule has 2 aliphatic rings. The van der Waals surface area contributed by atoms with Crippen molar-refractivity contribution in [3.63, 3.8) is 0 Å². The van der Waals surface area contributed by atoms with Crippen LogP contribution in [0.4, 0.5) is 13.2 Å². The molecule has 7 N–H and O–H groups in total. The van der Waals surface area contributed by atoms with E-state index in [2.05, 4.69) is 45.9 Å². The highest BCUT2D eigenvalue weighted by atomic mass is 127. The SMILES string of the molecule is C=C/C(C)=N\C(c1ccc(C(F)(F)F)cc1)[C@H](C)[C@@H](O)NC1CCC(CCCC(O)OC2=C(CI)C=C([C@H](O)OCCN[C@H](C)O)C[C@@H]2OCC)=C[C@H]1[C@H](O)N(C)CC. The largest absolute Gasteiger partial charge is 0.466 e. The number of benzene rings is 1. The van der Waals surface area contributed by atoms with Crippen molar-refractivity contribution in [1.82, 2.24) is 15.5 Å². The standard InChI is InChI=1S/C43H66F3IN4O8/c1-8-26(4)49-38(30-15-17-33(18-16-30)43(44,45)46)27(5)40(54)50-35-19-14-29(22-34(35)41(55)51(7)9-2)12-11-13-37(53)59-39-32(25-47)23-31(24-36(39)57-10-3)42(56)58-21-20-48-28(6)52/h8,15-18,22-23,27-28,34-38,40-42,48,50,52-56H,1,9-14,19-21,24-25H2,2-7H3/b49-26-/t27-,28-,34+,35?,36-,37?,38?,40+,41-,42+/m0/s1. The minimum Gasteiger partial charge on any atom is -0.466 e. The van der Waals surface area contributed by atoms with Gasteiger partial charge >= 0.3 is 6.18 Å². The second-order valence-electron chi connectivity index (χ2n) is 15.3. The van der Waals surface area contributed by atoms with Crippen molar-refractivity contribution in [1.29, 1.82) is 0 Å². The van der Waals surface area contributed by atoms with Gasteiger partial charge in [0, 0.05) is 59.6 Å². The van der Waals surface area contributed by atoms with Crippen LogP contribution >= 0.6 is 22.6 Å². The number of halogens is 4. The van der Waals surface area contributed by atoms with Crippen LogP contribution in [0.15, 0.2) is 76.5 Å². The maximum atomic E-state index is 13.3. The van der Waals surface area contributed by atoms with E-state index in [9.17, 15) is 38.7 Å². The molecule has 2 aliphatic carbocycles. The fourth-order valence-corrected chi connectivity index (χ4v) is 7.85. The minimum absolute atomic E-state index is 0.193. The number of nitrogens with one attached hydrogen (secondary N) is 2. The van der Waals surface area contributed by atoms with E-state index in [1.807, 2.05) is 31.9 Å². The Bertz CT molecular complexity index is 1570. The van der Waals surface area contributed by atoms with Crippen LogP contribution in [0.2, 0.25) is 0 Å². The van der Waals surface area contributed by atoms with Crippen molar-refractivity contribution < 1.29 is 52.9 Å². The minimum atomic E-state index is -4.48. The highest BCUT2D eigenvalue weighted by molar-refractivity contribution is 14.1. The molecule has 0 saturated heterocycles. The van der Waals surface area contributed by atoms with Crippen LogP contribution in [0.25, 0.3) is 0 Å². The molecule has 0 spiro atoms. The molecule has 0 fully saturated rings. The molecule has 0 aliphatic heterocycles. The lowest BCUT2D eigenvalue weighted by Crippen LogP contribution is -2.53. The van der Waals surface area contributed by atoms with Gasteiger partial charge in [0.1, 0.15) is 30.5 Å². The summed E-state index contributed by atoms with van der Waals surface area (Å²) < 4.78 is 58.2. The van der Waals surface area contributed by atoms with Crippen molar-refractivity contribution in [2.75, 3.05) is 37.8 Å². The molecule has 16 heteroatoms. The third kappa shape index (κ3) is 15.9. The first-order valence-electron chi connectivity index (χ1n) is 20.5. The molecular formula is C43H66F3IN4O8. The topological polar surface area (TPSA) is 168 Å². The molecular weight excluding hydrogens is 884 g/mol. The van der Waals surface area contributed by atoms with E-state index in [1.165, 1.54) is 12.1 Å². The number of aliphatic hydroxyl groups is 5. The summed E-state index contributed by atoms with van der Waals surface area (Å²) in [6.07, 6.45) is -1.27. The van der Waals surface area contributed by atoms with Gasteiger partial charge in [-0.15, -0.1) is 0 Å². The van der Waals surface area contributed by atoms with E-state index in [-0.39, 0.29) is 12.6 Å². The van der Waals surface area contributed by atoms with Crippen LogP contribution in [-0.4, -0.2) is 117 Å². The molecule has 3 rings (SSSR count). The van der Waals surface area contributed by atoms with Crippen molar-refractivity contribution in [3.8, 4) is 0 Å². The Hall–Kier alpha value is -2.23. The van der Waals surface area contributed by atoms with Crippen molar-refractivity contribution in [3.05, 3.63) is 82.7 Å². The van der Waals surface area contributed by atoms with Crippen molar-refractivity contribution >= 4 is 28.3 Å². The van der Waals surface area contributed by atoms with Gasteiger partial charge < -0.3 is 39.7 Å². The van der Waals surface area contributed by atoms with E-state index in [4.69, 9.17) is 19.2 Å². The molecule has 0 heterocycles. The summed E-state index contributed by atoms with van der Waals surface area (Å²) in [6, 6.07) is 3.82. The fourth-order valence-electron chi connectivity index (χ4n) is 7.25. The average Bonchev–Trinajstić information content (AvgIpc) is 3.21. The summed E-state index contributed by atoms with van der Waals surface area (Å²) in [5, 5.41) is 60.4. The molecule has 0 bridgehead atoms. The number of rotatable bonds is 25. The van der Waals surface area contributed by atoms with E-state index in [1.54, 1.807) is 26.8 Å². The summed E-state index contributed by atoms with van der Waals surface area (Å²) in [4.78, 5) is 6.52. The van der Waals surface area contributed by atoms with Gasteiger partial charge in [0.25, 0.3) is 0 Å². The Morgan fingerprint density at radius 1 is 1.12 bits per heavy atom. The maximum absolute atomic E-state index is 13.3. The first kappa shape index (κ1) is 51.1. The van der Waals surface area contributed by atoms with E-state index < -0.39 is 67.0 Å². The predicted molar refractivity (Wildman–Crippen MR) is 231 cm³/mol. The third-order valence-corrected chi connectivity index (χ3v) is 11.6. The number of aliphatic hydroxyl groups excluding tert-OH is 5. The lowest BCUT2D eigenvalue weighted by Gasteiger charge is -2.40. The second-order valence-corrected chi connectivity index (χ2v) is 16.0. The van der Waals surface area contributed by atoms with Crippen molar-refractivity contribution in [2.24, 2.45) is 16.8 Å². The van der Waals surface area contributed by atoms with E-state index in [0.717, 1.165) is 23.3 Å². The molecule has 59 heavy (non-hydrogen) atoms. The highest BCUT2D eigenvalue weighted by Gasteiger charge is 2.37. The van der Waals surface area contributed by atoms with Crippen LogP contribution in [0.3, 0.4) is 0 Å². The Morgan fingerprint density at radius 2 is 1.81 bits per heavy atom. The molecule has 0 radical (unpaired) electrons. The quantitative estimate of drug-likeness (QED) is 0.0151. The number of ether oxygens (including phenoxy) is 3. The number of nitrogens with zero attached hydrogens (tertiary/aromatic N) is 2. The Balaban J connectivity index is 1.71. The van der Waals surface area contributed by atoms with Crippen LogP contribution in [0.5, 0.6) is 0 Å². The van der Waals surface area contributed by atoms with Gasteiger partial charge in [-0.05, 0) is 89.4 Å². The number of alkyl halides is 4. The van der Waals surface area contributed by atoms with E-state index in [0.29, 0.717) is 85.3 Å². The maximum Gasteiger partial charge on any atom is 0.416 e. The summed E-state index contributed by atoms with van der Waals surface area (Å²) in [5.41, 5.74) is 2.86. The fraction of sp³-hybridized carbons (Fsp3) is 0.651. The van der Waals surface area contributed by atoms with Crippen LogP contribution < -0.4 is 10.6 Å². The van der Waals surface area contributed by atoms with Gasteiger partial charge in [-0.2, -0.15) is 13.2 Å². The normalized spacial score (nSPS) is 22.9. The van der Waals surface area contributed by atoms with Crippen LogP contribution in [-0.2, 0) is 20.4 Å². The van der Waals surface area contributed by atoms with E-state index >= 15 is 0 Å². The van der Waals surface area contributed by atoms with Gasteiger partial charge in [-0.3, -0.25) is 20.5 Å². The summed E-state index contributed by atoms with van der Waals surface area (Å²) in [6.45, 7) is 14.2. The summed E-state index contributed by atoms with van der Waals surface area (Å²) >= 11 is 2.21. The smallest absolute Gasteiger partial charge is 0.416 e. The van der Waals surface area contributed by atoms with Gasteiger partial charge in [0.15, 0.2) is 12.6 Å². The first-order chi connectivity index (χ1) is 27.9. The highest BCUT2D eigenvalue weighted by Crippen LogP contribution is 2.36. The monoisotopic (exact) mass is 950 g/mol. The van der Waals surface area contributed by atoms with Gasteiger partial charge in [-0.25, -0.2) is 0 Å². The molecule has 0 amide bonds. The van der Waals surface area contributed by atoms with Crippen molar-refractivity contribution in [2.45, 2.75) is 129 Å². The lowest BCUT2D eigenvalue weighted by molar-refractivity contribution is -0.137. The number of aliphatic imine (C=N–C) groups is 1. The molecule has 1 aromatic carbocycles. The predicted octanol–water partition coefficient (Wildman–Crippen LogP) is 6.11. The number of allylic oxidation sites excluding steroid dienone is 4. The van der Waals surface area contributed by atoms with Crippen LogP contribution in [0, 0.1) is 11.8 Å². The molecule has 10 atom stereocenters. The number of hydrogen-bond acceptors (Lipinski definition) is 12. The lowest BCUT2D eigenvalue weighted by atomic mass is 9.82. The molecule has 334 valence electrons. The molecule has 0 aromatic heterocycles. The van der Waals surface area contributed by atoms with Crippen LogP contribution in [0.1, 0.15) is 90.3 Å². The van der Waals surface area contributed by atoms with Gasteiger partial charge in [0.05, 0.1) is 18.2 Å². The molecule has 3 unspecified atom stereocenters. The third-order valence-electron chi connectivity index (χ3n) is 10.8. The number of hydrogen-bond donors (Lipinski definition) is 7.